The molecule has 2 rings (SSSR count). The minimum atomic E-state index is -0.0517. The SMILES string of the molecule is CC(=O)N1CCC2(N)CCCCC12. The average Bonchev–Trinajstić information content (AvgIpc) is 2.41. The van der Waals surface area contributed by atoms with Crippen LogP contribution in [0.2, 0.25) is 0 Å². The summed E-state index contributed by atoms with van der Waals surface area (Å²) in [6.45, 7) is 2.52. The Morgan fingerprint density at radius 1 is 1.46 bits per heavy atom. The Bertz CT molecular complexity index is 229. The van der Waals surface area contributed by atoms with Crippen molar-refractivity contribution in [2.24, 2.45) is 5.73 Å². The maximum atomic E-state index is 11.3. The van der Waals surface area contributed by atoms with Gasteiger partial charge < -0.3 is 10.6 Å². The first-order valence-corrected chi connectivity index (χ1v) is 5.19. The highest BCUT2D eigenvalue weighted by atomic mass is 16.2. The van der Waals surface area contributed by atoms with Gasteiger partial charge in [-0.25, -0.2) is 0 Å². The molecular formula is C10H18N2O. The van der Waals surface area contributed by atoms with Gasteiger partial charge in [0.25, 0.3) is 0 Å². The van der Waals surface area contributed by atoms with Gasteiger partial charge in [-0.05, 0) is 19.3 Å². The summed E-state index contributed by atoms with van der Waals surface area (Å²) >= 11 is 0. The third kappa shape index (κ3) is 1.35. The number of likely N-dealkylation sites (tertiary alicyclic amines) is 1. The highest BCUT2D eigenvalue weighted by Gasteiger charge is 2.46. The second kappa shape index (κ2) is 2.98. The first kappa shape index (κ1) is 9.00. The van der Waals surface area contributed by atoms with E-state index >= 15 is 0 Å². The summed E-state index contributed by atoms with van der Waals surface area (Å²) in [7, 11) is 0. The maximum Gasteiger partial charge on any atom is 0.219 e. The van der Waals surface area contributed by atoms with E-state index in [1.54, 1.807) is 6.92 Å². The summed E-state index contributed by atoms with van der Waals surface area (Å²) in [6, 6.07) is 0.332. The minimum Gasteiger partial charge on any atom is -0.338 e. The van der Waals surface area contributed by atoms with E-state index in [1.165, 1.54) is 12.8 Å². The van der Waals surface area contributed by atoms with Crippen molar-refractivity contribution in [1.82, 2.24) is 4.90 Å². The molecule has 0 aromatic rings. The van der Waals surface area contributed by atoms with Gasteiger partial charge in [-0.1, -0.05) is 12.8 Å². The number of hydrogen-bond donors (Lipinski definition) is 1. The van der Waals surface area contributed by atoms with E-state index in [2.05, 4.69) is 0 Å². The zero-order valence-corrected chi connectivity index (χ0v) is 8.25. The monoisotopic (exact) mass is 182 g/mol. The molecule has 2 N–H and O–H groups in total. The number of carbonyl (C=O) groups excluding carboxylic acids is 1. The lowest BCUT2D eigenvalue weighted by atomic mass is 9.78. The van der Waals surface area contributed by atoms with Crippen LogP contribution in [-0.2, 0) is 4.79 Å². The highest BCUT2D eigenvalue weighted by molar-refractivity contribution is 5.74. The molecule has 3 heteroatoms. The lowest BCUT2D eigenvalue weighted by Crippen LogP contribution is -2.54. The molecule has 2 aliphatic rings. The molecule has 1 saturated heterocycles. The van der Waals surface area contributed by atoms with Crippen LogP contribution in [0.1, 0.15) is 39.0 Å². The van der Waals surface area contributed by atoms with Crippen LogP contribution in [0.5, 0.6) is 0 Å². The Balaban J connectivity index is 2.17. The van der Waals surface area contributed by atoms with Crippen molar-refractivity contribution in [3.8, 4) is 0 Å². The van der Waals surface area contributed by atoms with E-state index in [4.69, 9.17) is 5.73 Å². The lowest BCUT2D eigenvalue weighted by Gasteiger charge is -2.38. The van der Waals surface area contributed by atoms with Gasteiger partial charge in [-0.2, -0.15) is 0 Å². The zero-order valence-electron chi connectivity index (χ0n) is 8.25. The summed E-state index contributed by atoms with van der Waals surface area (Å²) in [5, 5.41) is 0. The Kier molecular flexibility index (Phi) is 2.06. The van der Waals surface area contributed by atoms with E-state index in [0.717, 1.165) is 25.8 Å². The first-order valence-electron chi connectivity index (χ1n) is 5.19. The van der Waals surface area contributed by atoms with Gasteiger partial charge in [0.05, 0.1) is 0 Å². The Morgan fingerprint density at radius 2 is 2.23 bits per heavy atom. The largest absolute Gasteiger partial charge is 0.338 e. The predicted octanol–water partition coefficient (Wildman–Crippen LogP) is 0.879. The van der Waals surface area contributed by atoms with Crippen molar-refractivity contribution >= 4 is 5.91 Å². The molecule has 0 aromatic carbocycles. The van der Waals surface area contributed by atoms with E-state index in [-0.39, 0.29) is 11.4 Å². The number of fused-ring (bicyclic) bond motifs is 1. The number of nitrogens with zero attached hydrogens (tertiary/aromatic N) is 1. The zero-order chi connectivity index (χ0) is 9.47. The number of nitrogens with two attached hydrogens (primary N) is 1. The van der Waals surface area contributed by atoms with Crippen LogP contribution in [0.4, 0.5) is 0 Å². The first-order chi connectivity index (χ1) is 6.13. The van der Waals surface area contributed by atoms with Crippen LogP contribution in [-0.4, -0.2) is 28.9 Å². The molecule has 13 heavy (non-hydrogen) atoms. The molecule has 2 unspecified atom stereocenters. The topological polar surface area (TPSA) is 46.3 Å². The number of rotatable bonds is 0. The third-order valence-corrected chi connectivity index (χ3v) is 3.63. The molecule has 1 saturated carbocycles. The molecule has 74 valence electrons. The molecule has 1 amide bonds. The molecule has 2 fully saturated rings. The van der Waals surface area contributed by atoms with Gasteiger partial charge >= 0.3 is 0 Å². The van der Waals surface area contributed by atoms with Gasteiger partial charge in [-0.3, -0.25) is 4.79 Å². The fraction of sp³-hybridized carbons (Fsp3) is 0.900. The Morgan fingerprint density at radius 3 is 2.92 bits per heavy atom. The fourth-order valence-electron chi connectivity index (χ4n) is 2.87. The van der Waals surface area contributed by atoms with Gasteiger partial charge in [0.2, 0.25) is 5.91 Å². The van der Waals surface area contributed by atoms with Crippen molar-refractivity contribution in [1.29, 1.82) is 0 Å². The molecular weight excluding hydrogens is 164 g/mol. The number of carbonyl (C=O) groups is 1. The van der Waals surface area contributed by atoms with Crippen LogP contribution < -0.4 is 5.73 Å². The van der Waals surface area contributed by atoms with E-state index in [0.29, 0.717) is 6.04 Å². The molecule has 3 nitrogen and oxygen atoms in total. The molecule has 0 spiro atoms. The summed E-state index contributed by atoms with van der Waals surface area (Å²) in [6.07, 6.45) is 5.67. The quantitative estimate of drug-likeness (QED) is 0.604. The number of amides is 1. The van der Waals surface area contributed by atoms with E-state index in [1.807, 2.05) is 4.90 Å². The van der Waals surface area contributed by atoms with Gasteiger partial charge in [0.15, 0.2) is 0 Å². The standard InChI is InChI=1S/C10H18N2O/c1-8(13)12-7-6-10(11)5-3-2-4-9(10)12/h9H,2-7,11H2,1H3. The Hall–Kier alpha value is -0.570. The molecule has 1 aliphatic carbocycles. The molecule has 0 bridgehead atoms. The molecule has 1 heterocycles. The molecule has 1 aliphatic heterocycles. The second-order valence-electron chi connectivity index (χ2n) is 4.46. The molecule has 2 atom stereocenters. The maximum absolute atomic E-state index is 11.3. The van der Waals surface area contributed by atoms with E-state index in [9.17, 15) is 4.79 Å². The lowest BCUT2D eigenvalue weighted by molar-refractivity contribution is -0.130. The van der Waals surface area contributed by atoms with Crippen LogP contribution in [0.15, 0.2) is 0 Å². The smallest absolute Gasteiger partial charge is 0.219 e. The summed E-state index contributed by atoms with van der Waals surface area (Å²) in [4.78, 5) is 13.3. The van der Waals surface area contributed by atoms with Gasteiger partial charge in [0.1, 0.15) is 0 Å². The van der Waals surface area contributed by atoms with Crippen molar-refractivity contribution in [2.75, 3.05) is 6.54 Å². The summed E-state index contributed by atoms with van der Waals surface area (Å²) in [5.41, 5.74) is 6.25. The second-order valence-corrected chi connectivity index (χ2v) is 4.46. The molecule has 0 radical (unpaired) electrons. The van der Waals surface area contributed by atoms with Crippen LogP contribution >= 0.6 is 0 Å². The summed E-state index contributed by atoms with van der Waals surface area (Å²) in [5.74, 6) is 0.194. The van der Waals surface area contributed by atoms with Crippen molar-refractivity contribution in [3.05, 3.63) is 0 Å². The van der Waals surface area contributed by atoms with Crippen LogP contribution in [0.25, 0.3) is 0 Å². The molecule has 0 aromatic heterocycles. The van der Waals surface area contributed by atoms with E-state index < -0.39 is 0 Å². The predicted molar refractivity (Wildman–Crippen MR) is 51.2 cm³/mol. The van der Waals surface area contributed by atoms with Crippen molar-refractivity contribution < 1.29 is 4.79 Å². The van der Waals surface area contributed by atoms with Crippen LogP contribution in [0, 0.1) is 0 Å². The fourth-order valence-corrected chi connectivity index (χ4v) is 2.87. The van der Waals surface area contributed by atoms with Gasteiger partial charge in [0, 0.05) is 25.0 Å². The van der Waals surface area contributed by atoms with Crippen LogP contribution in [0.3, 0.4) is 0 Å². The van der Waals surface area contributed by atoms with Crippen molar-refractivity contribution in [3.63, 3.8) is 0 Å². The number of hydrogen-bond acceptors (Lipinski definition) is 2. The van der Waals surface area contributed by atoms with Gasteiger partial charge in [-0.15, -0.1) is 0 Å². The average molecular weight is 182 g/mol. The van der Waals surface area contributed by atoms with Crippen molar-refractivity contribution in [2.45, 2.75) is 50.6 Å². The normalized spacial score (nSPS) is 38.9. The minimum absolute atomic E-state index is 0.0517. The highest BCUT2D eigenvalue weighted by Crippen LogP contribution is 2.37. The third-order valence-electron chi connectivity index (χ3n) is 3.63. The summed E-state index contributed by atoms with van der Waals surface area (Å²) < 4.78 is 0. The Labute approximate surface area is 79.3 Å².